The topological polar surface area (TPSA) is 45.6 Å². The molecule has 1 aliphatic rings. The van der Waals surface area contributed by atoms with E-state index in [-0.39, 0.29) is 17.7 Å². The highest BCUT2D eigenvalue weighted by molar-refractivity contribution is 6.08. The zero-order chi connectivity index (χ0) is 19.6. The van der Waals surface area contributed by atoms with Crippen LogP contribution in [0, 0.1) is 12.8 Å². The van der Waals surface area contributed by atoms with Gasteiger partial charge in [-0.1, -0.05) is 32.0 Å². The molecule has 1 saturated heterocycles. The molecule has 1 aromatic heterocycles. The molecule has 3 rings (SSSR count). The number of amides is 2. The SMILES string of the molecule is CCC(CC)C(=O)N1CCCN(C(=O)c2c(C)n(C)c3ccccc23)CC1. The Labute approximate surface area is 161 Å². The van der Waals surface area contributed by atoms with Crippen molar-refractivity contribution in [2.75, 3.05) is 26.2 Å². The van der Waals surface area contributed by atoms with Crippen molar-refractivity contribution in [1.82, 2.24) is 14.4 Å². The third-order valence-corrected chi connectivity index (χ3v) is 6.04. The largest absolute Gasteiger partial charge is 0.347 e. The highest BCUT2D eigenvalue weighted by Gasteiger charge is 2.28. The van der Waals surface area contributed by atoms with E-state index in [1.54, 1.807) is 0 Å². The van der Waals surface area contributed by atoms with E-state index < -0.39 is 0 Å². The first-order valence-electron chi connectivity index (χ1n) is 10.1. The number of carbonyl (C=O) groups excluding carboxylic acids is 2. The van der Waals surface area contributed by atoms with Gasteiger partial charge in [-0.3, -0.25) is 9.59 Å². The van der Waals surface area contributed by atoms with E-state index in [1.165, 1.54) is 0 Å². The molecule has 0 saturated carbocycles. The smallest absolute Gasteiger partial charge is 0.256 e. The predicted octanol–water partition coefficient (Wildman–Crippen LogP) is 3.60. The number of hydrogen-bond acceptors (Lipinski definition) is 2. The van der Waals surface area contributed by atoms with Crippen LogP contribution in [0.3, 0.4) is 0 Å². The number of benzene rings is 1. The Morgan fingerprint density at radius 3 is 2.33 bits per heavy atom. The summed E-state index contributed by atoms with van der Waals surface area (Å²) in [5.41, 5.74) is 2.88. The van der Waals surface area contributed by atoms with Crippen molar-refractivity contribution in [3.8, 4) is 0 Å². The number of para-hydroxylation sites is 1. The van der Waals surface area contributed by atoms with Gasteiger partial charge in [-0.15, -0.1) is 0 Å². The first-order valence-corrected chi connectivity index (χ1v) is 10.1. The molecule has 5 nitrogen and oxygen atoms in total. The van der Waals surface area contributed by atoms with Crippen LogP contribution in [0.25, 0.3) is 10.9 Å². The van der Waals surface area contributed by atoms with Gasteiger partial charge in [0.15, 0.2) is 0 Å². The molecule has 5 heteroatoms. The van der Waals surface area contributed by atoms with E-state index >= 15 is 0 Å². The monoisotopic (exact) mass is 369 g/mol. The van der Waals surface area contributed by atoms with Crippen molar-refractivity contribution in [3.05, 3.63) is 35.5 Å². The average Bonchev–Trinajstić information content (AvgIpc) is 2.85. The molecule has 0 aliphatic carbocycles. The minimum absolute atomic E-state index is 0.0844. The molecule has 0 N–H and O–H groups in total. The van der Waals surface area contributed by atoms with Crippen molar-refractivity contribution in [1.29, 1.82) is 0 Å². The molecule has 0 spiro atoms. The summed E-state index contributed by atoms with van der Waals surface area (Å²) in [6.45, 7) is 8.83. The van der Waals surface area contributed by atoms with Crippen molar-refractivity contribution < 1.29 is 9.59 Å². The molecule has 2 amide bonds. The summed E-state index contributed by atoms with van der Waals surface area (Å²) in [6, 6.07) is 8.06. The number of carbonyl (C=O) groups is 2. The van der Waals surface area contributed by atoms with E-state index in [9.17, 15) is 9.59 Å². The lowest BCUT2D eigenvalue weighted by Crippen LogP contribution is -2.40. The zero-order valence-corrected chi connectivity index (χ0v) is 17.0. The molecule has 0 bridgehead atoms. The normalized spacial score (nSPS) is 15.4. The Hall–Kier alpha value is -2.30. The highest BCUT2D eigenvalue weighted by Crippen LogP contribution is 2.26. The summed E-state index contributed by atoms with van der Waals surface area (Å²) >= 11 is 0. The van der Waals surface area contributed by atoms with Crippen LogP contribution in [0.15, 0.2) is 24.3 Å². The van der Waals surface area contributed by atoms with Gasteiger partial charge in [-0.25, -0.2) is 0 Å². The third-order valence-electron chi connectivity index (χ3n) is 6.04. The van der Waals surface area contributed by atoms with E-state index in [0.717, 1.165) is 48.0 Å². The molecule has 1 aliphatic heterocycles. The van der Waals surface area contributed by atoms with Crippen LogP contribution >= 0.6 is 0 Å². The Bertz CT molecular complexity index is 835. The van der Waals surface area contributed by atoms with Crippen molar-refractivity contribution in [2.45, 2.75) is 40.0 Å². The second-order valence-electron chi connectivity index (χ2n) is 7.52. The van der Waals surface area contributed by atoms with Gasteiger partial charge < -0.3 is 14.4 Å². The van der Waals surface area contributed by atoms with Crippen molar-refractivity contribution in [3.63, 3.8) is 0 Å². The summed E-state index contributed by atoms with van der Waals surface area (Å²) in [6.07, 6.45) is 2.59. The second-order valence-corrected chi connectivity index (χ2v) is 7.52. The quantitative estimate of drug-likeness (QED) is 0.827. The molecule has 2 aromatic rings. The molecular formula is C22H31N3O2. The Balaban J connectivity index is 1.80. The first kappa shape index (κ1) is 19.5. The lowest BCUT2D eigenvalue weighted by Gasteiger charge is -2.25. The molecular weight excluding hydrogens is 338 g/mol. The fourth-order valence-corrected chi connectivity index (χ4v) is 4.19. The summed E-state index contributed by atoms with van der Waals surface area (Å²) in [4.78, 5) is 29.9. The van der Waals surface area contributed by atoms with Crippen LogP contribution in [0.2, 0.25) is 0 Å². The van der Waals surface area contributed by atoms with Crippen LogP contribution in [0.1, 0.15) is 49.2 Å². The summed E-state index contributed by atoms with van der Waals surface area (Å²) < 4.78 is 2.09. The minimum Gasteiger partial charge on any atom is -0.347 e. The fourth-order valence-electron chi connectivity index (χ4n) is 4.19. The number of aryl methyl sites for hydroxylation is 1. The van der Waals surface area contributed by atoms with Gasteiger partial charge in [0.1, 0.15) is 0 Å². The molecule has 146 valence electrons. The summed E-state index contributed by atoms with van der Waals surface area (Å²) in [7, 11) is 2.01. The van der Waals surface area contributed by atoms with Crippen LogP contribution < -0.4 is 0 Å². The van der Waals surface area contributed by atoms with Crippen LogP contribution in [-0.4, -0.2) is 52.4 Å². The second kappa shape index (κ2) is 8.15. The zero-order valence-electron chi connectivity index (χ0n) is 17.0. The maximum absolute atomic E-state index is 13.3. The minimum atomic E-state index is 0.0844. The summed E-state index contributed by atoms with van der Waals surface area (Å²) in [5.74, 6) is 0.435. The van der Waals surface area contributed by atoms with Gasteiger partial charge in [0, 0.05) is 55.7 Å². The van der Waals surface area contributed by atoms with E-state index in [4.69, 9.17) is 0 Å². The molecule has 0 atom stereocenters. The van der Waals surface area contributed by atoms with Gasteiger partial charge in [-0.2, -0.15) is 0 Å². The molecule has 1 aromatic carbocycles. The molecule has 0 unspecified atom stereocenters. The van der Waals surface area contributed by atoms with Gasteiger partial charge in [0.2, 0.25) is 5.91 Å². The molecule has 0 radical (unpaired) electrons. The van der Waals surface area contributed by atoms with Gasteiger partial charge in [0.05, 0.1) is 5.56 Å². The number of hydrogen-bond donors (Lipinski definition) is 0. The van der Waals surface area contributed by atoms with Crippen LogP contribution in [0.4, 0.5) is 0 Å². The lowest BCUT2D eigenvalue weighted by molar-refractivity contribution is -0.135. The van der Waals surface area contributed by atoms with Gasteiger partial charge in [0.25, 0.3) is 5.91 Å². The summed E-state index contributed by atoms with van der Waals surface area (Å²) in [5, 5.41) is 1.01. The maximum atomic E-state index is 13.3. The number of rotatable bonds is 4. The highest BCUT2D eigenvalue weighted by atomic mass is 16.2. The van der Waals surface area contributed by atoms with E-state index in [2.05, 4.69) is 24.5 Å². The number of aromatic nitrogens is 1. The first-order chi connectivity index (χ1) is 13.0. The average molecular weight is 370 g/mol. The Kier molecular flexibility index (Phi) is 5.88. The van der Waals surface area contributed by atoms with Gasteiger partial charge >= 0.3 is 0 Å². The van der Waals surface area contributed by atoms with Crippen LogP contribution in [-0.2, 0) is 11.8 Å². The van der Waals surface area contributed by atoms with E-state index in [1.807, 2.05) is 42.0 Å². The van der Waals surface area contributed by atoms with Gasteiger partial charge in [-0.05, 0) is 32.3 Å². The Morgan fingerprint density at radius 1 is 1.00 bits per heavy atom. The van der Waals surface area contributed by atoms with E-state index in [0.29, 0.717) is 19.6 Å². The molecule has 27 heavy (non-hydrogen) atoms. The predicted molar refractivity (Wildman–Crippen MR) is 109 cm³/mol. The number of nitrogens with zero attached hydrogens (tertiary/aromatic N) is 3. The lowest BCUT2D eigenvalue weighted by atomic mass is 10.0. The standard InChI is InChI=1S/C22H31N3O2/c1-5-17(6-2)21(26)24-12-9-13-25(15-14-24)22(27)20-16(3)23(4)19-11-8-7-10-18(19)20/h7-8,10-11,17H,5-6,9,12-15H2,1-4H3. The Morgan fingerprint density at radius 2 is 1.63 bits per heavy atom. The molecule has 2 heterocycles. The fraction of sp³-hybridized carbons (Fsp3) is 0.545. The van der Waals surface area contributed by atoms with Crippen molar-refractivity contribution >= 4 is 22.7 Å². The van der Waals surface area contributed by atoms with Crippen molar-refractivity contribution in [2.24, 2.45) is 13.0 Å². The molecule has 1 fully saturated rings. The number of fused-ring (bicyclic) bond motifs is 1. The third kappa shape index (κ3) is 3.60. The maximum Gasteiger partial charge on any atom is 0.256 e. The van der Waals surface area contributed by atoms with Crippen LogP contribution in [0.5, 0.6) is 0 Å².